The summed E-state index contributed by atoms with van der Waals surface area (Å²) in [6.45, 7) is 1.86. The third-order valence-electron chi connectivity index (χ3n) is 5.63. The van der Waals surface area contributed by atoms with Gasteiger partial charge in [0.2, 0.25) is 6.23 Å². The molecule has 0 bridgehead atoms. The summed E-state index contributed by atoms with van der Waals surface area (Å²) in [7, 11) is 0. The number of benzene rings is 2. The van der Waals surface area contributed by atoms with E-state index in [1.165, 1.54) is 6.07 Å². The largest absolute Gasteiger partial charge is 0.384 e. The number of alkyl halides is 2. The molecule has 1 unspecified atom stereocenters. The number of rotatable bonds is 6. The Morgan fingerprint density at radius 1 is 1.16 bits per heavy atom. The smallest absolute Gasteiger partial charge is 0.351 e. The third-order valence-corrected chi connectivity index (χ3v) is 5.63. The molecule has 7 nitrogen and oxygen atoms in total. The van der Waals surface area contributed by atoms with Crippen molar-refractivity contribution < 1.29 is 18.6 Å². The van der Waals surface area contributed by atoms with Crippen molar-refractivity contribution in [1.29, 1.82) is 0 Å². The van der Waals surface area contributed by atoms with Gasteiger partial charge in [0.05, 0.1) is 0 Å². The second-order valence-corrected chi connectivity index (χ2v) is 7.81. The van der Waals surface area contributed by atoms with E-state index in [4.69, 9.17) is 10.5 Å². The lowest BCUT2D eigenvalue weighted by atomic mass is 10.0. The van der Waals surface area contributed by atoms with E-state index in [9.17, 15) is 18.7 Å². The standard InChI is InChI=1S/C23H24F2N4O3/c1-14(15-7-9-17(10-8-15)16-5-3-2-4-6-16)27-13-18-20(30)23(24,25)21(32-18)29-12-11-19(26)28-22(29)31/h2-12,14,18,20-21,27,30H,13H2,1H3,(H2,26,28,31)/t14?,18-,20-,21-/m1/s1. The Bertz CT molecular complexity index is 1120. The molecular weight excluding hydrogens is 418 g/mol. The van der Waals surface area contributed by atoms with Gasteiger partial charge in [-0.25, -0.2) is 4.79 Å². The number of hydrogen-bond acceptors (Lipinski definition) is 6. The maximum atomic E-state index is 14.7. The third kappa shape index (κ3) is 4.27. The molecule has 0 radical (unpaired) electrons. The molecule has 1 aliphatic heterocycles. The maximum Gasteiger partial charge on any atom is 0.351 e. The molecule has 4 atom stereocenters. The molecule has 0 amide bonds. The average molecular weight is 442 g/mol. The van der Waals surface area contributed by atoms with Crippen molar-refractivity contribution >= 4 is 5.82 Å². The lowest BCUT2D eigenvalue weighted by molar-refractivity contribution is -0.140. The minimum atomic E-state index is -3.67. The van der Waals surface area contributed by atoms with Crippen molar-refractivity contribution in [3.05, 3.63) is 82.9 Å². The highest BCUT2D eigenvalue weighted by molar-refractivity contribution is 5.63. The van der Waals surface area contributed by atoms with E-state index in [-0.39, 0.29) is 18.4 Å². The first kappa shape index (κ1) is 22.1. The van der Waals surface area contributed by atoms with Gasteiger partial charge in [-0.2, -0.15) is 13.8 Å². The zero-order valence-electron chi connectivity index (χ0n) is 17.4. The molecule has 2 aromatic carbocycles. The lowest BCUT2D eigenvalue weighted by Gasteiger charge is -2.21. The minimum Gasteiger partial charge on any atom is -0.384 e. The number of hydrogen-bond donors (Lipinski definition) is 3. The van der Waals surface area contributed by atoms with Crippen LogP contribution in [0, 0.1) is 0 Å². The summed E-state index contributed by atoms with van der Waals surface area (Å²) in [5.41, 5.74) is 7.57. The molecule has 2 heterocycles. The number of nitrogens with zero attached hydrogens (tertiary/aromatic N) is 2. The average Bonchev–Trinajstić information content (AvgIpc) is 3.01. The molecule has 0 spiro atoms. The molecule has 0 saturated carbocycles. The number of anilines is 1. The van der Waals surface area contributed by atoms with Gasteiger partial charge in [-0.15, -0.1) is 0 Å². The number of halogens is 2. The summed E-state index contributed by atoms with van der Waals surface area (Å²) in [5, 5.41) is 13.3. The van der Waals surface area contributed by atoms with E-state index in [1.807, 2.05) is 61.5 Å². The highest BCUT2D eigenvalue weighted by atomic mass is 19.3. The van der Waals surface area contributed by atoms with Crippen LogP contribution in [-0.4, -0.2) is 39.3 Å². The highest BCUT2D eigenvalue weighted by Gasteiger charge is 2.59. The van der Waals surface area contributed by atoms with Gasteiger partial charge in [0.1, 0.15) is 18.0 Å². The summed E-state index contributed by atoms with van der Waals surface area (Å²) in [5.74, 6) is -3.76. The summed E-state index contributed by atoms with van der Waals surface area (Å²) >= 11 is 0. The first-order chi connectivity index (χ1) is 15.3. The fourth-order valence-electron chi connectivity index (χ4n) is 3.75. The van der Waals surface area contributed by atoms with E-state index in [0.717, 1.165) is 22.9 Å². The summed E-state index contributed by atoms with van der Waals surface area (Å²) in [4.78, 5) is 15.4. The molecule has 32 heavy (non-hydrogen) atoms. The van der Waals surface area contributed by atoms with E-state index in [2.05, 4.69) is 10.3 Å². The molecule has 168 valence electrons. The number of aliphatic hydroxyl groups excluding tert-OH is 1. The molecule has 1 aliphatic rings. The zero-order valence-corrected chi connectivity index (χ0v) is 17.4. The number of nitrogens with one attached hydrogen (secondary N) is 1. The molecular formula is C23H24F2N4O3. The van der Waals surface area contributed by atoms with Crippen molar-refractivity contribution in [1.82, 2.24) is 14.9 Å². The number of nitrogen functional groups attached to an aromatic ring is 1. The summed E-state index contributed by atoms with van der Waals surface area (Å²) < 4.78 is 35.3. The summed E-state index contributed by atoms with van der Waals surface area (Å²) in [6, 6.07) is 18.9. The van der Waals surface area contributed by atoms with Gasteiger partial charge in [-0.1, -0.05) is 54.6 Å². The van der Waals surface area contributed by atoms with Gasteiger partial charge in [-0.05, 0) is 29.7 Å². The van der Waals surface area contributed by atoms with Gasteiger partial charge in [0, 0.05) is 18.8 Å². The molecule has 4 N–H and O–H groups in total. The van der Waals surface area contributed by atoms with Crippen LogP contribution in [0.25, 0.3) is 11.1 Å². The first-order valence-electron chi connectivity index (χ1n) is 10.2. The van der Waals surface area contributed by atoms with Crippen molar-refractivity contribution in [2.45, 2.75) is 37.3 Å². The van der Waals surface area contributed by atoms with Crippen LogP contribution < -0.4 is 16.7 Å². The fourth-order valence-corrected chi connectivity index (χ4v) is 3.75. The Morgan fingerprint density at radius 3 is 2.47 bits per heavy atom. The van der Waals surface area contributed by atoms with Crippen LogP contribution in [0.15, 0.2) is 71.7 Å². The Balaban J connectivity index is 1.42. The van der Waals surface area contributed by atoms with E-state index < -0.39 is 30.0 Å². The number of nitrogens with two attached hydrogens (primary N) is 1. The quantitative estimate of drug-likeness (QED) is 0.543. The van der Waals surface area contributed by atoms with Crippen LogP contribution in [0.4, 0.5) is 14.6 Å². The Kier molecular flexibility index (Phi) is 6.05. The maximum absolute atomic E-state index is 14.7. The molecule has 0 aliphatic carbocycles. The van der Waals surface area contributed by atoms with E-state index in [0.29, 0.717) is 4.57 Å². The molecule has 3 aromatic rings. The van der Waals surface area contributed by atoms with E-state index in [1.54, 1.807) is 0 Å². The fraction of sp³-hybridized carbons (Fsp3) is 0.304. The van der Waals surface area contributed by atoms with Crippen molar-refractivity contribution in [2.75, 3.05) is 12.3 Å². The molecule has 1 aromatic heterocycles. The van der Waals surface area contributed by atoms with Crippen LogP contribution in [0.2, 0.25) is 0 Å². The Morgan fingerprint density at radius 2 is 1.81 bits per heavy atom. The molecule has 1 saturated heterocycles. The van der Waals surface area contributed by atoms with Gasteiger partial charge >= 0.3 is 11.6 Å². The van der Waals surface area contributed by atoms with Crippen molar-refractivity contribution in [3.63, 3.8) is 0 Å². The summed E-state index contributed by atoms with van der Waals surface area (Å²) in [6.07, 6.45) is -4.18. The number of ether oxygens (including phenoxy) is 1. The number of aromatic nitrogens is 2. The van der Waals surface area contributed by atoms with Gasteiger partial charge in [0.25, 0.3) is 0 Å². The molecule has 4 rings (SSSR count). The second-order valence-electron chi connectivity index (χ2n) is 7.81. The van der Waals surface area contributed by atoms with E-state index >= 15 is 0 Å². The molecule has 9 heteroatoms. The van der Waals surface area contributed by atoms with Crippen LogP contribution in [-0.2, 0) is 4.74 Å². The van der Waals surface area contributed by atoms with Gasteiger partial charge < -0.3 is 20.9 Å². The van der Waals surface area contributed by atoms with Gasteiger partial charge in [0.15, 0.2) is 0 Å². The second kappa shape index (κ2) is 8.78. The predicted octanol–water partition coefficient (Wildman–Crippen LogP) is 2.74. The monoisotopic (exact) mass is 442 g/mol. The van der Waals surface area contributed by atoms with Crippen LogP contribution in [0.3, 0.4) is 0 Å². The SMILES string of the molecule is CC(NC[C@H]1O[C@@H](n2ccc(N)nc2=O)C(F)(F)[C@@H]1O)c1ccc(-c2ccccc2)cc1. The molecule has 1 fully saturated rings. The van der Waals surface area contributed by atoms with Crippen molar-refractivity contribution in [3.8, 4) is 11.1 Å². The zero-order chi connectivity index (χ0) is 22.9. The van der Waals surface area contributed by atoms with Crippen LogP contribution in [0.5, 0.6) is 0 Å². The van der Waals surface area contributed by atoms with Crippen LogP contribution >= 0.6 is 0 Å². The number of aliphatic hydroxyl groups is 1. The lowest BCUT2D eigenvalue weighted by Crippen LogP contribution is -2.43. The predicted molar refractivity (Wildman–Crippen MR) is 116 cm³/mol. The van der Waals surface area contributed by atoms with Crippen molar-refractivity contribution in [2.24, 2.45) is 0 Å². The van der Waals surface area contributed by atoms with Gasteiger partial charge in [-0.3, -0.25) is 4.57 Å². The Labute approximate surface area is 183 Å². The van der Waals surface area contributed by atoms with Crippen LogP contribution in [0.1, 0.15) is 24.8 Å². The highest BCUT2D eigenvalue weighted by Crippen LogP contribution is 2.42. The first-order valence-corrected chi connectivity index (χ1v) is 10.2. The normalized spacial score (nSPS) is 23.2. The Hall–Kier alpha value is -3.14. The topological polar surface area (TPSA) is 102 Å². The minimum absolute atomic E-state index is 0.0357.